The van der Waals surface area contributed by atoms with Gasteiger partial charge >= 0.3 is 0 Å². The number of likely N-dealkylation sites (N-methyl/N-ethyl adjacent to an activating group) is 1. The first-order chi connectivity index (χ1) is 7.38. The van der Waals surface area contributed by atoms with E-state index in [0.717, 1.165) is 16.6 Å². The summed E-state index contributed by atoms with van der Waals surface area (Å²) in [6.07, 6.45) is 2.65. The smallest absolute Gasteiger partial charge is 0.105 e. The molecule has 1 fully saturated rings. The summed E-state index contributed by atoms with van der Waals surface area (Å²) < 4.78 is 1.11. The maximum absolute atomic E-state index is 2.67. The van der Waals surface area contributed by atoms with E-state index in [9.17, 15) is 0 Å². The maximum atomic E-state index is 2.67. The van der Waals surface area contributed by atoms with Gasteiger partial charge in [-0.05, 0) is 20.3 Å². The number of nitrogens with zero attached hydrogens (tertiary/aromatic N) is 2. The van der Waals surface area contributed by atoms with Crippen molar-refractivity contribution in [2.24, 2.45) is 0 Å². The summed E-state index contributed by atoms with van der Waals surface area (Å²) in [5.74, 6) is 0. The molecule has 1 aliphatic rings. The van der Waals surface area contributed by atoms with Crippen molar-refractivity contribution in [1.82, 2.24) is 4.90 Å². The summed E-state index contributed by atoms with van der Waals surface area (Å²) in [4.78, 5) is 2.67. The molecule has 0 aromatic carbocycles. The van der Waals surface area contributed by atoms with E-state index in [1.165, 1.54) is 19.4 Å². The predicted molar refractivity (Wildman–Crippen MR) is 73.7 cm³/mol. The summed E-state index contributed by atoms with van der Waals surface area (Å²) in [5.41, 5.74) is 0. The highest BCUT2D eigenvalue weighted by Crippen LogP contribution is 2.28. The topological polar surface area (TPSA) is 3.24 Å². The first-order valence-corrected chi connectivity index (χ1v) is 6.94. The van der Waals surface area contributed by atoms with Gasteiger partial charge in [0, 0.05) is 19.0 Å². The quantitative estimate of drug-likeness (QED) is 0.673. The molecule has 1 saturated heterocycles. The lowest BCUT2D eigenvalue weighted by atomic mass is 10.0. The largest absolute Gasteiger partial charge is 0.327 e. The Morgan fingerprint density at radius 3 is 2.00 bits per heavy atom. The van der Waals surface area contributed by atoms with Gasteiger partial charge in [0.1, 0.15) is 6.04 Å². The lowest BCUT2D eigenvalue weighted by Gasteiger charge is -2.38. The van der Waals surface area contributed by atoms with Crippen molar-refractivity contribution in [2.45, 2.75) is 65.6 Å². The van der Waals surface area contributed by atoms with Crippen LogP contribution in [0.15, 0.2) is 0 Å². The molecular weight excluding hydrogens is 196 g/mol. The highest BCUT2D eigenvalue weighted by atomic mass is 15.4. The van der Waals surface area contributed by atoms with Crippen LogP contribution in [0.4, 0.5) is 0 Å². The highest BCUT2D eigenvalue weighted by molar-refractivity contribution is 4.88. The van der Waals surface area contributed by atoms with Gasteiger partial charge in [0.25, 0.3) is 0 Å². The summed E-state index contributed by atoms with van der Waals surface area (Å²) >= 11 is 0. The van der Waals surface area contributed by atoms with Crippen LogP contribution in [0.2, 0.25) is 0 Å². The number of quaternary nitrogens is 1. The molecule has 2 heteroatoms. The molecule has 0 aromatic heterocycles. The SMILES string of the molecule is CC.CCC1C([N+](C)(C)C)CCN1C(C)C. The Kier molecular flexibility index (Phi) is 6.57. The zero-order chi connectivity index (χ0) is 12.9. The first-order valence-electron chi connectivity index (χ1n) is 6.94. The molecule has 1 aliphatic heterocycles. The van der Waals surface area contributed by atoms with E-state index >= 15 is 0 Å². The third kappa shape index (κ3) is 3.74. The van der Waals surface area contributed by atoms with Crippen molar-refractivity contribution in [2.75, 3.05) is 27.7 Å². The van der Waals surface area contributed by atoms with Crippen LogP contribution in [-0.2, 0) is 0 Å². The van der Waals surface area contributed by atoms with Crippen LogP contribution >= 0.6 is 0 Å². The van der Waals surface area contributed by atoms with Crippen molar-refractivity contribution in [3.05, 3.63) is 0 Å². The van der Waals surface area contributed by atoms with E-state index in [1.54, 1.807) is 0 Å². The molecule has 1 rings (SSSR count). The average Bonchev–Trinajstić information content (AvgIpc) is 2.63. The van der Waals surface area contributed by atoms with Gasteiger partial charge in [0.05, 0.1) is 27.2 Å². The van der Waals surface area contributed by atoms with Crippen molar-refractivity contribution < 1.29 is 4.48 Å². The highest BCUT2D eigenvalue weighted by Gasteiger charge is 2.41. The molecule has 16 heavy (non-hydrogen) atoms. The van der Waals surface area contributed by atoms with Gasteiger partial charge in [0.15, 0.2) is 0 Å². The fraction of sp³-hybridized carbons (Fsp3) is 1.00. The molecular formula is C14H33N2+. The zero-order valence-corrected chi connectivity index (χ0v) is 12.7. The number of likely N-dealkylation sites (tertiary alicyclic amines) is 1. The Balaban J connectivity index is 0.00000106. The molecule has 1 heterocycles. The fourth-order valence-corrected chi connectivity index (χ4v) is 2.91. The third-order valence-electron chi connectivity index (χ3n) is 3.63. The summed E-state index contributed by atoms with van der Waals surface area (Å²) in [5, 5.41) is 0. The minimum absolute atomic E-state index is 0.705. The van der Waals surface area contributed by atoms with Gasteiger partial charge in [-0.1, -0.05) is 20.8 Å². The molecule has 0 spiro atoms. The molecule has 0 bridgehead atoms. The molecule has 0 radical (unpaired) electrons. The van der Waals surface area contributed by atoms with Gasteiger partial charge in [-0.3, -0.25) is 4.90 Å². The normalized spacial score (nSPS) is 26.8. The van der Waals surface area contributed by atoms with E-state index < -0.39 is 0 Å². The Morgan fingerprint density at radius 2 is 1.69 bits per heavy atom. The molecule has 0 aromatic rings. The Bertz CT molecular complexity index is 182. The third-order valence-corrected chi connectivity index (χ3v) is 3.63. The van der Waals surface area contributed by atoms with Crippen molar-refractivity contribution >= 4 is 0 Å². The van der Waals surface area contributed by atoms with Crippen LogP contribution in [0.3, 0.4) is 0 Å². The number of rotatable bonds is 3. The van der Waals surface area contributed by atoms with Gasteiger partial charge in [-0.15, -0.1) is 0 Å². The van der Waals surface area contributed by atoms with Gasteiger partial charge in [0.2, 0.25) is 0 Å². The molecule has 98 valence electrons. The van der Waals surface area contributed by atoms with E-state index in [1.807, 2.05) is 13.8 Å². The van der Waals surface area contributed by atoms with Crippen LogP contribution in [0.1, 0.15) is 47.5 Å². The van der Waals surface area contributed by atoms with Crippen LogP contribution < -0.4 is 0 Å². The van der Waals surface area contributed by atoms with E-state index in [4.69, 9.17) is 0 Å². The van der Waals surface area contributed by atoms with Crippen LogP contribution in [-0.4, -0.2) is 55.2 Å². The van der Waals surface area contributed by atoms with Gasteiger partial charge in [-0.2, -0.15) is 0 Å². The molecule has 0 N–H and O–H groups in total. The predicted octanol–water partition coefficient (Wildman–Crippen LogP) is 2.98. The van der Waals surface area contributed by atoms with Crippen molar-refractivity contribution in [1.29, 1.82) is 0 Å². The Labute approximate surface area is 103 Å². The fourth-order valence-electron chi connectivity index (χ4n) is 2.91. The summed E-state index contributed by atoms with van der Waals surface area (Å²) in [6.45, 7) is 12.3. The summed E-state index contributed by atoms with van der Waals surface area (Å²) in [6, 6.07) is 2.31. The van der Waals surface area contributed by atoms with Crippen LogP contribution in [0, 0.1) is 0 Å². The maximum Gasteiger partial charge on any atom is 0.105 e. The summed E-state index contributed by atoms with van der Waals surface area (Å²) in [7, 11) is 6.99. The molecule has 0 aliphatic carbocycles. The minimum atomic E-state index is 0.705. The van der Waals surface area contributed by atoms with Crippen LogP contribution in [0.25, 0.3) is 0 Å². The second kappa shape index (κ2) is 6.61. The molecule has 0 saturated carbocycles. The average molecular weight is 229 g/mol. The Hall–Kier alpha value is -0.0800. The van der Waals surface area contributed by atoms with E-state index in [-0.39, 0.29) is 0 Å². The minimum Gasteiger partial charge on any atom is -0.327 e. The lowest BCUT2D eigenvalue weighted by Crippen LogP contribution is -2.52. The first kappa shape index (κ1) is 15.9. The second-order valence-corrected chi connectivity index (χ2v) is 5.78. The standard InChI is InChI=1S/C12H27N2.C2H6/c1-7-11-12(14(4,5)6)8-9-13(11)10(2)3;1-2/h10-12H,7-9H2,1-6H3;1-2H3/q+1;. The van der Waals surface area contributed by atoms with Crippen molar-refractivity contribution in [3.63, 3.8) is 0 Å². The molecule has 0 amide bonds. The van der Waals surface area contributed by atoms with Crippen LogP contribution in [0.5, 0.6) is 0 Å². The van der Waals surface area contributed by atoms with Gasteiger partial charge < -0.3 is 4.48 Å². The number of hydrogen-bond donors (Lipinski definition) is 0. The molecule has 2 unspecified atom stereocenters. The van der Waals surface area contributed by atoms with E-state index in [2.05, 4.69) is 46.8 Å². The number of hydrogen-bond acceptors (Lipinski definition) is 1. The van der Waals surface area contributed by atoms with Crippen molar-refractivity contribution in [3.8, 4) is 0 Å². The monoisotopic (exact) mass is 229 g/mol. The molecule has 2 atom stereocenters. The zero-order valence-electron chi connectivity index (χ0n) is 12.7. The molecule has 2 nitrogen and oxygen atoms in total. The van der Waals surface area contributed by atoms with Gasteiger partial charge in [-0.25, -0.2) is 0 Å². The van der Waals surface area contributed by atoms with E-state index in [0.29, 0.717) is 6.04 Å². The Morgan fingerprint density at radius 1 is 1.19 bits per heavy atom. The second-order valence-electron chi connectivity index (χ2n) is 5.78. The lowest BCUT2D eigenvalue weighted by molar-refractivity contribution is -0.896.